The van der Waals surface area contributed by atoms with E-state index in [0.29, 0.717) is 0 Å². The molecule has 1 N–H and O–H groups in total. The fourth-order valence-corrected chi connectivity index (χ4v) is 1.98. The van der Waals surface area contributed by atoms with E-state index in [1.54, 1.807) is 0 Å². The third-order valence-corrected chi connectivity index (χ3v) is 2.95. The van der Waals surface area contributed by atoms with Crippen molar-refractivity contribution in [2.45, 2.75) is 33.6 Å². The summed E-state index contributed by atoms with van der Waals surface area (Å²) in [6.45, 7) is 7.19. The Hall–Kier alpha value is -1.90. The molecule has 0 saturated carbocycles. The summed E-state index contributed by atoms with van der Waals surface area (Å²) in [5.74, 6) is 1.83. The molecule has 1 heterocycles. The van der Waals surface area contributed by atoms with E-state index in [9.17, 15) is 0 Å². The van der Waals surface area contributed by atoms with Crippen LogP contribution in [0.5, 0.6) is 0 Å². The zero-order valence-electron chi connectivity index (χ0n) is 11.9. The lowest BCUT2D eigenvalue weighted by molar-refractivity contribution is 0.836. The average molecular weight is 255 g/mol. The Morgan fingerprint density at radius 2 is 1.79 bits per heavy atom. The van der Waals surface area contributed by atoms with Crippen molar-refractivity contribution in [3.8, 4) is 11.3 Å². The van der Waals surface area contributed by atoms with Gasteiger partial charge in [0.15, 0.2) is 0 Å². The molecule has 1 aromatic carbocycles. The van der Waals surface area contributed by atoms with Crippen LogP contribution in [-0.4, -0.2) is 16.5 Å². The van der Waals surface area contributed by atoms with E-state index in [4.69, 9.17) is 0 Å². The minimum absolute atomic E-state index is 0.871. The Bertz CT molecular complexity index is 508. The SMILES string of the molecule is CCCc1nc(NCC)cc(-c2ccc(C)cc2)n1. The van der Waals surface area contributed by atoms with Gasteiger partial charge in [0.05, 0.1) is 5.69 Å². The third kappa shape index (κ3) is 3.53. The van der Waals surface area contributed by atoms with Crippen LogP contribution in [0.3, 0.4) is 0 Å². The molecule has 0 fully saturated rings. The molecule has 19 heavy (non-hydrogen) atoms. The minimum atomic E-state index is 0.871. The highest BCUT2D eigenvalue weighted by Crippen LogP contribution is 2.20. The number of hydrogen-bond donors (Lipinski definition) is 1. The number of nitrogens with one attached hydrogen (secondary N) is 1. The number of anilines is 1. The first kappa shape index (κ1) is 13.5. The molecule has 2 aromatic rings. The normalized spacial score (nSPS) is 10.5. The predicted molar refractivity (Wildman–Crippen MR) is 80.4 cm³/mol. The van der Waals surface area contributed by atoms with E-state index in [1.807, 2.05) is 6.07 Å². The fourth-order valence-electron chi connectivity index (χ4n) is 1.98. The molecule has 3 nitrogen and oxygen atoms in total. The van der Waals surface area contributed by atoms with E-state index >= 15 is 0 Å². The molecular formula is C16H21N3. The molecule has 3 heteroatoms. The lowest BCUT2D eigenvalue weighted by Crippen LogP contribution is -2.04. The first-order chi connectivity index (χ1) is 9.22. The predicted octanol–water partition coefficient (Wildman–Crippen LogP) is 3.84. The highest BCUT2D eigenvalue weighted by molar-refractivity contribution is 5.62. The van der Waals surface area contributed by atoms with Crippen molar-refractivity contribution in [1.82, 2.24) is 9.97 Å². The maximum Gasteiger partial charge on any atom is 0.131 e. The van der Waals surface area contributed by atoms with Crippen molar-refractivity contribution in [1.29, 1.82) is 0 Å². The Morgan fingerprint density at radius 1 is 1.05 bits per heavy atom. The lowest BCUT2D eigenvalue weighted by Gasteiger charge is -2.09. The van der Waals surface area contributed by atoms with Gasteiger partial charge in [-0.25, -0.2) is 9.97 Å². The molecule has 0 aliphatic carbocycles. The van der Waals surface area contributed by atoms with Crippen LogP contribution in [0.15, 0.2) is 30.3 Å². The van der Waals surface area contributed by atoms with Crippen LogP contribution in [0.1, 0.15) is 31.7 Å². The monoisotopic (exact) mass is 255 g/mol. The van der Waals surface area contributed by atoms with Gasteiger partial charge in [0, 0.05) is 24.6 Å². The van der Waals surface area contributed by atoms with Crippen molar-refractivity contribution in [2.75, 3.05) is 11.9 Å². The van der Waals surface area contributed by atoms with Crippen LogP contribution < -0.4 is 5.32 Å². The van der Waals surface area contributed by atoms with Gasteiger partial charge >= 0.3 is 0 Å². The number of rotatable bonds is 5. The summed E-state index contributed by atoms with van der Waals surface area (Å²) >= 11 is 0. The van der Waals surface area contributed by atoms with Crippen LogP contribution in [0.4, 0.5) is 5.82 Å². The van der Waals surface area contributed by atoms with E-state index in [0.717, 1.165) is 42.3 Å². The van der Waals surface area contributed by atoms with Crippen LogP contribution in [0.25, 0.3) is 11.3 Å². The fraction of sp³-hybridized carbons (Fsp3) is 0.375. The zero-order valence-corrected chi connectivity index (χ0v) is 11.9. The number of benzene rings is 1. The maximum atomic E-state index is 4.65. The molecule has 0 aliphatic rings. The van der Waals surface area contributed by atoms with Crippen molar-refractivity contribution in [3.63, 3.8) is 0 Å². The van der Waals surface area contributed by atoms with Gasteiger partial charge in [-0.2, -0.15) is 0 Å². The first-order valence-electron chi connectivity index (χ1n) is 6.91. The largest absolute Gasteiger partial charge is 0.370 e. The molecule has 100 valence electrons. The summed E-state index contributed by atoms with van der Waals surface area (Å²) in [5, 5.41) is 3.28. The van der Waals surface area contributed by atoms with Crippen molar-refractivity contribution in [3.05, 3.63) is 41.7 Å². The minimum Gasteiger partial charge on any atom is -0.370 e. The Morgan fingerprint density at radius 3 is 2.42 bits per heavy atom. The maximum absolute atomic E-state index is 4.65. The molecule has 0 amide bonds. The summed E-state index contributed by atoms with van der Waals surface area (Å²) < 4.78 is 0. The highest BCUT2D eigenvalue weighted by atomic mass is 15.0. The Kier molecular flexibility index (Phi) is 4.50. The quantitative estimate of drug-likeness (QED) is 0.882. The second-order valence-corrected chi connectivity index (χ2v) is 4.70. The zero-order chi connectivity index (χ0) is 13.7. The van der Waals surface area contributed by atoms with Gasteiger partial charge in [0.25, 0.3) is 0 Å². The smallest absolute Gasteiger partial charge is 0.131 e. The van der Waals surface area contributed by atoms with E-state index in [2.05, 4.69) is 60.3 Å². The summed E-state index contributed by atoms with van der Waals surface area (Å²) in [4.78, 5) is 9.19. The number of aryl methyl sites for hydroxylation is 2. The van der Waals surface area contributed by atoms with E-state index < -0.39 is 0 Å². The van der Waals surface area contributed by atoms with Gasteiger partial charge in [-0.3, -0.25) is 0 Å². The van der Waals surface area contributed by atoms with Crippen LogP contribution >= 0.6 is 0 Å². The first-order valence-corrected chi connectivity index (χ1v) is 6.91. The number of hydrogen-bond acceptors (Lipinski definition) is 3. The Labute approximate surface area is 115 Å². The lowest BCUT2D eigenvalue weighted by atomic mass is 10.1. The summed E-state index contributed by atoms with van der Waals surface area (Å²) in [6.07, 6.45) is 1.97. The summed E-state index contributed by atoms with van der Waals surface area (Å²) in [5.41, 5.74) is 3.40. The van der Waals surface area contributed by atoms with Gasteiger partial charge in [0.2, 0.25) is 0 Å². The molecule has 0 aliphatic heterocycles. The highest BCUT2D eigenvalue weighted by Gasteiger charge is 2.06. The topological polar surface area (TPSA) is 37.8 Å². The Balaban J connectivity index is 2.40. The number of nitrogens with zero attached hydrogens (tertiary/aromatic N) is 2. The van der Waals surface area contributed by atoms with Crippen molar-refractivity contribution >= 4 is 5.82 Å². The van der Waals surface area contributed by atoms with Gasteiger partial charge in [-0.05, 0) is 20.3 Å². The molecule has 1 aromatic heterocycles. The van der Waals surface area contributed by atoms with E-state index in [1.165, 1.54) is 5.56 Å². The van der Waals surface area contributed by atoms with Gasteiger partial charge in [0.1, 0.15) is 11.6 Å². The second-order valence-electron chi connectivity index (χ2n) is 4.70. The molecule has 0 radical (unpaired) electrons. The molecule has 2 rings (SSSR count). The van der Waals surface area contributed by atoms with Crippen LogP contribution in [-0.2, 0) is 6.42 Å². The molecule has 0 unspecified atom stereocenters. The molecular weight excluding hydrogens is 234 g/mol. The standard InChI is InChI=1S/C16H21N3/c1-4-6-15-18-14(11-16(19-15)17-5-2)13-9-7-12(3)8-10-13/h7-11H,4-6H2,1-3H3,(H,17,18,19). The van der Waals surface area contributed by atoms with Gasteiger partial charge < -0.3 is 5.32 Å². The van der Waals surface area contributed by atoms with Crippen LogP contribution in [0, 0.1) is 6.92 Å². The van der Waals surface area contributed by atoms with E-state index in [-0.39, 0.29) is 0 Å². The third-order valence-electron chi connectivity index (χ3n) is 2.95. The summed E-state index contributed by atoms with van der Waals surface area (Å²) in [6, 6.07) is 10.5. The van der Waals surface area contributed by atoms with Crippen molar-refractivity contribution < 1.29 is 0 Å². The van der Waals surface area contributed by atoms with Gasteiger partial charge in [-0.15, -0.1) is 0 Å². The van der Waals surface area contributed by atoms with Crippen LogP contribution in [0.2, 0.25) is 0 Å². The van der Waals surface area contributed by atoms with Crippen molar-refractivity contribution in [2.24, 2.45) is 0 Å². The molecule has 0 saturated heterocycles. The molecule has 0 atom stereocenters. The molecule has 0 spiro atoms. The van der Waals surface area contributed by atoms with Gasteiger partial charge in [-0.1, -0.05) is 36.8 Å². The summed E-state index contributed by atoms with van der Waals surface area (Å²) in [7, 11) is 0. The molecule has 0 bridgehead atoms. The average Bonchev–Trinajstić information content (AvgIpc) is 2.40. The second kappa shape index (κ2) is 6.32. The number of aromatic nitrogens is 2.